The van der Waals surface area contributed by atoms with Crippen molar-refractivity contribution >= 4 is 34.9 Å². The summed E-state index contributed by atoms with van der Waals surface area (Å²) in [6.07, 6.45) is 0. The van der Waals surface area contributed by atoms with E-state index in [1.54, 1.807) is 47.4 Å². The van der Waals surface area contributed by atoms with Gasteiger partial charge in [0.1, 0.15) is 5.75 Å². The fourth-order valence-electron chi connectivity index (χ4n) is 2.66. The zero-order valence-corrected chi connectivity index (χ0v) is 15.5. The average molecular weight is 405 g/mol. The van der Waals surface area contributed by atoms with E-state index >= 15 is 0 Å². The minimum absolute atomic E-state index is 0.136. The van der Waals surface area contributed by atoms with Crippen LogP contribution in [0.4, 0.5) is 10.5 Å². The second-order valence-electron chi connectivity index (χ2n) is 5.81. The first kappa shape index (κ1) is 17.6. The van der Waals surface area contributed by atoms with Gasteiger partial charge in [-0.25, -0.2) is 4.79 Å². The highest BCUT2D eigenvalue weighted by molar-refractivity contribution is 6.33. The van der Waals surface area contributed by atoms with Gasteiger partial charge in [-0.1, -0.05) is 28.4 Å². The van der Waals surface area contributed by atoms with Crippen LogP contribution in [-0.2, 0) is 6.61 Å². The van der Waals surface area contributed by atoms with Gasteiger partial charge in [0, 0.05) is 23.8 Å². The Morgan fingerprint density at radius 3 is 2.74 bits per heavy atom. The zero-order valence-electron chi connectivity index (χ0n) is 14.0. The van der Waals surface area contributed by atoms with Crippen LogP contribution < -0.4 is 15.0 Å². The molecule has 0 radical (unpaired) electrons. The van der Waals surface area contributed by atoms with E-state index in [0.29, 0.717) is 46.0 Å². The lowest BCUT2D eigenvalue weighted by atomic mass is 10.2. The predicted molar refractivity (Wildman–Crippen MR) is 101 cm³/mol. The van der Waals surface area contributed by atoms with Gasteiger partial charge in [0.15, 0.2) is 6.61 Å². The number of rotatable bonds is 5. The van der Waals surface area contributed by atoms with Gasteiger partial charge in [-0.15, -0.1) is 0 Å². The van der Waals surface area contributed by atoms with E-state index in [9.17, 15) is 4.79 Å². The summed E-state index contributed by atoms with van der Waals surface area (Å²) in [5.74, 6) is 1.28. The molecule has 0 bridgehead atoms. The Morgan fingerprint density at radius 1 is 1.19 bits per heavy atom. The monoisotopic (exact) mass is 404 g/mol. The second-order valence-corrected chi connectivity index (χ2v) is 6.65. The van der Waals surface area contributed by atoms with E-state index in [4.69, 9.17) is 32.5 Å². The van der Waals surface area contributed by atoms with E-state index < -0.39 is 0 Å². The van der Waals surface area contributed by atoms with Crippen LogP contribution in [0.15, 0.2) is 47.0 Å². The standard InChI is InChI=1S/C18H14Cl2N4O3/c19-11-1-4-13(5-2-11)26-10-16-22-17(27-23-16)14-9-12(3-6-15(14)20)24-8-7-21-18(24)25/h1-6,9H,7-8,10H2,(H,21,25). The van der Waals surface area contributed by atoms with Crippen molar-refractivity contribution < 1.29 is 14.1 Å². The van der Waals surface area contributed by atoms with Crippen molar-refractivity contribution in [2.24, 2.45) is 0 Å². The number of urea groups is 1. The molecule has 0 unspecified atom stereocenters. The fourth-order valence-corrected chi connectivity index (χ4v) is 2.99. The van der Waals surface area contributed by atoms with Crippen molar-refractivity contribution in [1.82, 2.24) is 15.5 Å². The maximum atomic E-state index is 11.9. The summed E-state index contributed by atoms with van der Waals surface area (Å²) in [7, 11) is 0. The van der Waals surface area contributed by atoms with Crippen LogP contribution in [-0.4, -0.2) is 29.3 Å². The molecule has 2 aromatic carbocycles. The number of anilines is 1. The summed E-state index contributed by atoms with van der Waals surface area (Å²) in [4.78, 5) is 17.8. The van der Waals surface area contributed by atoms with E-state index in [2.05, 4.69) is 15.5 Å². The average Bonchev–Trinajstić information content (AvgIpc) is 3.31. The number of aromatic nitrogens is 2. The molecule has 2 amide bonds. The first-order valence-corrected chi connectivity index (χ1v) is 8.92. The Morgan fingerprint density at radius 2 is 2.00 bits per heavy atom. The van der Waals surface area contributed by atoms with Crippen molar-refractivity contribution in [1.29, 1.82) is 0 Å². The maximum absolute atomic E-state index is 11.9. The van der Waals surface area contributed by atoms with Crippen LogP contribution in [0.3, 0.4) is 0 Å². The molecule has 1 fully saturated rings. The van der Waals surface area contributed by atoms with Gasteiger partial charge in [0.2, 0.25) is 5.82 Å². The van der Waals surface area contributed by atoms with Crippen LogP contribution in [0.5, 0.6) is 5.75 Å². The molecule has 3 aromatic rings. The minimum atomic E-state index is -0.147. The van der Waals surface area contributed by atoms with Gasteiger partial charge in [0.05, 0.1) is 10.6 Å². The Bertz CT molecular complexity index is 975. The summed E-state index contributed by atoms with van der Waals surface area (Å²) in [6.45, 7) is 1.32. The minimum Gasteiger partial charge on any atom is -0.485 e. The number of hydrogen-bond donors (Lipinski definition) is 1. The highest BCUT2D eigenvalue weighted by atomic mass is 35.5. The van der Waals surface area contributed by atoms with Gasteiger partial charge < -0.3 is 14.6 Å². The van der Waals surface area contributed by atoms with E-state index in [-0.39, 0.29) is 18.5 Å². The molecule has 1 aliphatic heterocycles. The molecule has 7 nitrogen and oxygen atoms in total. The molecule has 27 heavy (non-hydrogen) atoms. The Kier molecular flexibility index (Phi) is 4.87. The number of carbonyl (C=O) groups is 1. The highest BCUT2D eigenvalue weighted by Gasteiger charge is 2.23. The van der Waals surface area contributed by atoms with Gasteiger partial charge in [-0.2, -0.15) is 4.98 Å². The first-order chi connectivity index (χ1) is 13.1. The lowest BCUT2D eigenvalue weighted by molar-refractivity contribution is 0.252. The lowest BCUT2D eigenvalue weighted by Crippen LogP contribution is -2.27. The lowest BCUT2D eigenvalue weighted by Gasteiger charge is -2.15. The summed E-state index contributed by atoms with van der Waals surface area (Å²) < 4.78 is 10.9. The van der Waals surface area contributed by atoms with Gasteiger partial charge in [0.25, 0.3) is 5.89 Å². The smallest absolute Gasteiger partial charge is 0.321 e. The fraction of sp³-hybridized carbons (Fsp3) is 0.167. The summed E-state index contributed by atoms with van der Waals surface area (Å²) in [5, 5.41) is 7.76. The van der Waals surface area contributed by atoms with Gasteiger partial charge >= 0.3 is 6.03 Å². The molecule has 1 saturated heterocycles. The first-order valence-electron chi connectivity index (χ1n) is 8.16. The Hall–Kier alpha value is -2.77. The quantitative estimate of drug-likeness (QED) is 0.690. The van der Waals surface area contributed by atoms with Gasteiger partial charge in [-0.3, -0.25) is 4.90 Å². The Labute approximate surface area is 164 Å². The molecule has 1 aliphatic rings. The summed E-state index contributed by atoms with van der Waals surface area (Å²) in [6, 6.07) is 12.1. The van der Waals surface area contributed by atoms with Crippen molar-refractivity contribution in [3.63, 3.8) is 0 Å². The molecule has 1 N–H and O–H groups in total. The van der Waals surface area contributed by atoms with Crippen LogP contribution in [0, 0.1) is 0 Å². The topological polar surface area (TPSA) is 80.5 Å². The normalized spacial score (nSPS) is 13.7. The van der Waals surface area contributed by atoms with E-state index in [1.807, 2.05) is 0 Å². The van der Waals surface area contributed by atoms with E-state index in [0.717, 1.165) is 0 Å². The van der Waals surface area contributed by atoms with Crippen LogP contribution in [0.2, 0.25) is 10.0 Å². The SMILES string of the molecule is O=C1NCCN1c1ccc(Cl)c(-c2nc(COc3ccc(Cl)cc3)no2)c1. The molecule has 138 valence electrons. The number of ether oxygens (including phenoxy) is 1. The number of halogens is 2. The molecule has 1 aromatic heterocycles. The van der Waals surface area contributed by atoms with Crippen molar-refractivity contribution in [3.8, 4) is 17.2 Å². The molecule has 2 heterocycles. The number of amides is 2. The van der Waals surface area contributed by atoms with Crippen LogP contribution in [0.25, 0.3) is 11.5 Å². The van der Waals surface area contributed by atoms with Gasteiger partial charge in [-0.05, 0) is 42.5 Å². The molecule has 4 rings (SSSR count). The van der Waals surface area contributed by atoms with Crippen molar-refractivity contribution in [2.45, 2.75) is 6.61 Å². The third-order valence-electron chi connectivity index (χ3n) is 4.00. The van der Waals surface area contributed by atoms with Crippen molar-refractivity contribution in [3.05, 3.63) is 58.3 Å². The molecule has 0 saturated carbocycles. The highest BCUT2D eigenvalue weighted by Crippen LogP contribution is 2.31. The second kappa shape index (κ2) is 7.46. The summed E-state index contributed by atoms with van der Waals surface area (Å²) in [5.41, 5.74) is 1.26. The summed E-state index contributed by atoms with van der Waals surface area (Å²) >= 11 is 12.1. The molecule has 0 aliphatic carbocycles. The van der Waals surface area contributed by atoms with Crippen molar-refractivity contribution in [2.75, 3.05) is 18.0 Å². The number of nitrogens with one attached hydrogen (secondary N) is 1. The molecule has 9 heteroatoms. The molecular weight excluding hydrogens is 391 g/mol. The zero-order chi connectivity index (χ0) is 18.8. The number of hydrogen-bond acceptors (Lipinski definition) is 5. The third kappa shape index (κ3) is 3.84. The van der Waals surface area contributed by atoms with E-state index in [1.165, 1.54) is 0 Å². The predicted octanol–water partition coefficient (Wildman–Crippen LogP) is 4.15. The molecule has 0 spiro atoms. The van der Waals surface area contributed by atoms with Crippen LogP contribution in [0.1, 0.15) is 5.82 Å². The van der Waals surface area contributed by atoms with Crippen LogP contribution >= 0.6 is 23.2 Å². The number of carbonyl (C=O) groups excluding carboxylic acids is 1. The number of benzene rings is 2. The number of nitrogens with zero attached hydrogens (tertiary/aromatic N) is 3. The maximum Gasteiger partial charge on any atom is 0.321 e. The molecular formula is C18H14Cl2N4O3. The largest absolute Gasteiger partial charge is 0.485 e. The Balaban J connectivity index is 1.52. The third-order valence-corrected chi connectivity index (χ3v) is 4.58. The molecule has 0 atom stereocenters.